The van der Waals surface area contributed by atoms with Crippen molar-refractivity contribution in [3.63, 3.8) is 0 Å². The SMILES string of the molecule is CC1(C)CCC(C2COCCCC2(C)C)COC1. The highest BCUT2D eigenvalue weighted by Crippen LogP contribution is 2.43. The van der Waals surface area contributed by atoms with E-state index in [4.69, 9.17) is 9.47 Å². The van der Waals surface area contributed by atoms with Crippen LogP contribution in [0.5, 0.6) is 0 Å². The molecule has 18 heavy (non-hydrogen) atoms. The van der Waals surface area contributed by atoms with Crippen LogP contribution >= 0.6 is 0 Å². The van der Waals surface area contributed by atoms with Gasteiger partial charge in [0.1, 0.15) is 0 Å². The van der Waals surface area contributed by atoms with Gasteiger partial charge >= 0.3 is 0 Å². The number of hydrogen-bond acceptors (Lipinski definition) is 2. The molecular weight excluding hydrogens is 224 g/mol. The molecule has 106 valence electrons. The first-order valence-electron chi connectivity index (χ1n) is 7.56. The van der Waals surface area contributed by atoms with Crippen LogP contribution in [0.2, 0.25) is 0 Å². The van der Waals surface area contributed by atoms with E-state index in [9.17, 15) is 0 Å². The van der Waals surface area contributed by atoms with E-state index < -0.39 is 0 Å². The van der Waals surface area contributed by atoms with E-state index in [2.05, 4.69) is 27.7 Å². The van der Waals surface area contributed by atoms with Gasteiger partial charge in [0.05, 0.1) is 13.2 Å². The molecule has 2 unspecified atom stereocenters. The van der Waals surface area contributed by atoms with Gasteiger partial charge in [0.25, 0.3) is 0 Å². The third kappa shape index (κ3) is 3.48. The van der Waals surface area contributed by atoms with E-state index in [0.717, 1.165) is 26.4 Å². The lowest BCUT2D eigenvalue weighted by atomic mass is 9.68. The molecule has 0 aromatic heterocycles. The van der Waals surface area contributed by atoms with E-state index in [-0.39, 0.29) is 0 Å². The van der Waals surface area contributed by atoms with E-state index in [1.165, 1.54) is 25.7 Å². The van der Waals surface area contributed by atoms with E-state index in [1.807, 2.05) is 0 Å². The molecule has 0 saturated carbocycles. The van der Waals surface area contributed by atoms with Crippen molar-refractivity contribution in [3.05, 3.63) is 0 Å². The first kappa shape index (κ1) is 14.3. The average Bonchev–Trinajstić information content (AvgIpc) is 2.54. The van der Waals surface area contributed by atoms with Crippen molar-refractivity contribution in [1.82, 2.24) is 0 Å². The van der Waals surface area contributed by atoms with Crippen molar-refractivity contribution in [2.45, 2.75) is 53.4 Å². The van der Waals surface area contributed by atoms with Gasteiger partial charge in [0.2, 0.25) is 0 Å². The summed E-state index contributed by atoms with van der Waals surface area (Å²) in [6.07, 6.45) is 5.08. The zero-order chi connectivity index (χ0) is 13.2. The first-order chi connectivity index (χ1) is 8.41. The van der Waals surface area contributed by atoms with E-state index in [1.54, 1.807) is 0 Å². The molecule has 0 aliphatic carbocycles. The largest absolute Gasteiger partial charge is 0.381 e. The van der Waals surface area contributed by atoms with Gasteiger partial charge in [-0.3, -0.25) is 0 Å². The molecule has 2 saturated heterocycles. The Morgan fingerprint density at radius 1 is 0.944 bits per heavy atom. The summed E-state index contributed by atoms with van der Waals surface area (Å²) in [5.41, 5.74) is 0.753. The summed E-state index contributed by atoms with van der Waals surface area (Å²) in [5, 5.41) is 0. The van der Waals surface area contributed by atoms with Crippen LogP contribution < -0.4 is 0 Å². The van der Waals surface area contributed by atoms with Crippen molar-refractivity contribution in [3.8, 4) is 0 Å². The highest BCUT2D eigenvalue weighted by molar-refractivity contribution is 4.87. The monoisotopic (exact) mass is 254 g/mol. The van der Waals surface area contributed by atoms with Gasteiger partial charge < -0.3 is 9.47 Å². The zero-order valence-corrected chi connectivity index (χ0v) is 12.6. The summed E-state index contributed by atoms with van der Waals surface area (Å²) in [6, 6.07) is 0. The Balaban J connectivity index is 2.04. The zero-order valence-electron chi connectivity index (χ0n) is 12.6. The molecule has 2 fully saturated rings. The molecule has 0 spiro atoms. The minimum Gasteiger partial charge on any atom is -0.381 e. The summed E-state index contributed by atoms with van der Waals surface area (Å²) >= 11 is 0. The molecule has 0 bridgehead atoms. The number of hydrogen-bond donors (Lipinski definition) is 0. The van der Waals surface area contributed by atoms with Gasteiger partial charge in [-0.05, 0) is 48.3 Å². The summed E-state index contributed by atoms with van der Waals surface area (Å²) in [6.45, 7) is 13.2. The molecule has 0 amide bonds. The predicted octanol–water partition coefficient (Wildman–Crippen LogP) is 3.89. The van der Waals surface area contributed by atoms with Crippen molar-refractivity contribution in [1.29, 1.82) is 0 Å². The Morgan fingerprint density at radius 3 is 2.50 bits per heavy atom. The fraction of sp³-hybridized carbons (Fsp3) is 1.00. The maximum absolute atomic E-state index is 5.95. The van der Waals surface area contributed by atoms with Gasteiger partial charge in [0, 0.05) is 13.2 Å². The van der Waals surface area contributed by atoms with Crippen molar-refractivity contribution in [2.75, 3.05) is 26.4 Å². The van der Waals surface area contributed by atoms with Crippen LogP contribution in [0.3, 0.4) is 0 Å². The third-order valence-electron chi connectivity index (χ3n) is 5.00. The standard InChI is InChI=1S/C16H30O2/c1-15(2)8-6-13(10-18-12-15)14-11-17-9-5-7-16(14,3)4/h13-14H,5-12H2,1-4H3. The lowest BCUT2D eigenvalue weighted by Crippen LogP contribution is -2.34. The Hall–Kier alpha value is -0.0800. The summed E-state index contributed by atoms with van der Waals surface area (Å²) in [5.74, 6) is 1.34. The topological polar surface area (TPSA) is 18.5 Å². The molecule has 2 aliphatic heterocycles. The highest BCUT2D eigenvalue weighted by Gasteiger charge is 2.38. The quantitative estimate of drug-likeness (QED) is 0.706. The van der Waals surface area contributed by atoms with Crippen LogP contribution in [0.25, 0.3) is 0 Å². The number of ether oxygens (including phenoxy) is 2. The van der Waals surface area contributed by atoms with Crippen LogP contribution in [0.1, 0.15) is 53.4 Å². The van der Waals surface area contributed by atoms with Crippen LogP contribution in [-0.4, -0.2) is 26.4 Å². The second kappa shape index (κ2) is 5.50. The Labute approximate surface area is 112 Å². The Kier molecular flexibility index (Phi) is 4.38. The van der Waals surface area contributed by atoms with Gasteiger partial charge in [-0.1, -0.05) is 27.7 Å². The second-order valence-electron chi connectivity index (χ2n) is 7.75. The van der Waals surface area contributed by atoms with E-state index in [0.29, 0.717) is 22.7 Å². The second-order valence-corrected chi connectivity index (χ2v) is 7.75. The predicted molar refractivity (Wildman–Crippen MR) is 74.6 cm³/mol. The van der Waals surface area contributed by atoms with Crippen LogP contribution in [0.15, 0.2) is 0 Å². The van der Waals surface area contributed by atoms with Gasteiger partial charge in [-0.25, -0.2) is 0 Å². The van der Waals surface area contributed by atoms with Crippen LogP contribution in [0, 0.1) is 22.7 Å². The molecule has 2 aliphatic rings. The normalized spacial score (nSPS) is 36.7. The first-order valence-corrected chi connectivity index (χ1v) is 7.56. The fourth-order valence-electron chi connectivity index (χ4n) is 3.56. The van der Waals surface area contributed by atoms with E-state index >= 15 is 0 Å². The van der Waals surface area contributed by atoms with Crippen molar-refractivity contribution in [2.24, 2.45) is 22.7 Å². The average molecular weight is 254 g/mol. The molecule has 0 aromatic rings. The molecule has 2 heteroatoms. The summed E-state index contributed by atoms with van der Waals surface area (Å²) < 4.78 is 11.8. The van der Waals surface area contributed by atoms with Crippen molar-refractivity contribution < 1.29 is 9.47 Å². The maximum Gasteiger partial charge on any atom is 0.0517 e. The molecule has 2 nitrogen and oxygen atoms in total. The highest BCUT2D eigenvalue weighted by atomic mass is 16.5. The van der Waals surface area contributed by atoms with Gasteiger partial charge in [-0.15, -0.1) is 0 Å². The fourth-order valence-corrected chi connectivity index (χ4v) is 3.56. The molecule has 2 atom stereocenters. The molecule has 0 N–H and O–H groups in total. The minimum absolute atomic E-state index is 0.352. The summed E-state index contributed by atoms with van der Waals surface area (Å²) in [7, 11) is 0. The molecular formula is C16H30O2. The Bertz CT molecular complexity index is 270. The Morgan fingerprint density at radius 2 is 1.72 bits per heavy atom. The maximum atomic E-state index is 5.95. The molecule has 0 aromatic carbocycles. The van der Waals surface area contributed by atoms with Gasteiger partial charge in [0.15, 0.2) is 0 Å². The smallest absolute Gasteiger partial charge is 0.0517 e. The van der Waals surface area contributed by atoms with Crippen molar-refractivity contribution >= 4 is 0 Å². The third-order valence-corrected chi connectivity index (χ3v) is 5.00. The van der Waals surface area contributed by atoms with Crippen LogP contribution in [-0.2, 0) is 9.47 Å². The molecule has 2 heterocycles. The number of rotatable bonds is 1. The molecule has 2 rings (SSSR count). The molecule has 0 radical (unpaired) electrons. The van der Waals surface area contributed by atoms with Gasteiger partial charge in [-0.2, -0.15) is 0 Å². The lowest BCUT2D eigenvalue weighted by molar-refractivity contribution is 0.00403. The lowest BCUT2D eigenvalue weighted by Gasteiger charge is -2.37. The van der Waals surface area contributed by atoms with Crippen LogP contribution in [0.4, 0.5) is 0 Å². The summed E-state index contributed by atoms with van der Waals surface area (Å²) in [4.78, 5) is 0. The minimum atomic E-state index is 0.352.